The van der Waals surface area contributed by atoms with E-state index in [1.165, 1.54) is 11.8 Å². The maximum absolute atomic E-state index is 12.0. The van der Waals surface area contributed by atoms with Crippen molar-refractivity contribution in [3.8, 4) is 0 Å². The highest BCUT2D eigenvalue weighted by Crippen LogP contribution is 2.27. The van der Waals surface area contributed by atoms with Gasteiger partial charge in [0.2, 0.25) is 5.91 Å². The number of thioether (sulfide) groups is 1. The Labute approximate surface area is 119 Å². The Kier molecular flexibility index (Phi) is 7.15. The third-order valence-electron chi connectivity index (χ3n) is 2.78. The summed E-state index contributed by atoms with van der Waals surface area (Å²) in [6.07, 6.45) is 0. The van der Waals surface area contributed by atoms with Crippen LogP contribution in [0.4, 0.5) is 0 Å². The van der Waals surface area contributed by atoms with E-state index in [0.717, 1.165) is 5.57 Å². The summed E-state index contributed by atoms with van der Waals surface area (Å²) in [5, 5.41) is 8.91. The van der Waals surface area contributed by atoms with E-state index in [1.54, 1.807) is 18.7 Å². The second kappa shape index (κ2) is 7.55. The molecular formula is C13H24N2O3S. The van der Waals surface area contributed by atoms with E-state index < -0.39 is 16.8 Å². The van der Waals surface area contributed by atoms with Gasteiger partial charge in [-0.25, -0.2) is 0 Å². The van der Waals surface area contributed by atoms with E-state index in [-0.39, 0.29) is 11.7 Å². The van der Waals surface area contributed by atoms with E-state index in [0.29, 0.717) is 13.1 Å². The van der Waals surface area contributed by atoms with Gasteiger partial charge in [0.25, 0.3) is 0 Å². The molecule has 5 nitrogen and oxygen atoms in total. The number of carbonyl (C=O) groups is 2. The van der Waals surface area contributed by atoms with Gasteiger partial charge >= 0.3 is 5.97 Å². The first-order chi connectivity index (χ1) is 8.61. The molecule has 0 spiro atoms. The number of nitrogens with zero attached hydrogens (tertiary/aromatic N) is 1. The molecule has 0 unspecified atom stereocenters. The number of amides is 1. The van der Waals surface area contributed by atoms with Crippen LogP contribution in [0.25, 0.3) is 0 Å². The third-order valence-corrected chi connectivity index (χ3v) is 4.17. The van der Waals surface area contributed by atoms with Gasteiger partial charge in [0.1, 0.15) is 6.04 Å². The van der Waals surface area contributed by atoms with Crippen LogP contribution in [0.3, 0.4) is 0 Å². The lowest BCUT2D eigenvalue weighted by Gasteiger charge is -2.29. The second-order valence-electron chi connectivity index (χ2n) is 5.07. The van der Waals surface area contributed by atoms with Crippen LogP contribution in [-0.4, -0.2) is 51.5 Å². The molecule has 6 heteroatoms. The Morgan fingerprint density at radius 1 is 1.47 bits per heavy atom. The van der Waals surface area contributed by atoms with Crippen molar-refractivity contribution in [1.82, 2.24) is 4.90 Å². The molecule has 0 aliphatic heterocycles. The number of hydrogen-bond acceptors (Lipinski definition) is 4. The first-order valence-corrected chi connectivity index (χ1v) is 7.14. The fourth-order valence-electron chi connectivity index (χ4n) is 1.43. The number of aliphatic carboxylic acids is 1. The van der Waals surface area contributed by atoms with Crippen LogP contribution in [0.15, 0.2) is 12.2 Å². The van der Waals surface area contributed by atoms with Crippen molar-refractivity contribution < 1.29 is 14.7 Å². The highest BCUT2D eigenvalue weighted by Gasteiger charge is 2.33. The van der Waals surface area contributed by atoms with Crippen molar-refractivity contribution in [2.75, 3.05) is 18.8 Å². The number of carbonyl (C=O) groups excluding carboxylic acids is 1. The molecule has 0 aliphatic rings. The molecule has 0 radical (unpaired) electrons. The summed E-state index contributed by atoms with van der Waals surface area (Å²) in [7, 11) is 0. The molecule has 110 valence electrons. The van der Waals surface area contributed by atoms with Crippen LogP contribution in [0, 0.1) is 0 Å². The van der Waals surface area contributed by atoms with Gasteiger partial charge in [-0.3, -0.25) is 9.59 Å². The minimum Gasteiger partial charge on any atom is -0.480 e. The maximum Gasteiger partial charge on any atom is 0.321 e. The lowest BCUT2D eigenvalue weighted by Crippen LogP contribution is -2.47. The van der Waals surface area contributed by atoms with Crippen LogP contribution >= 0.6 is 11.8 Å². The Balaban J connectivity index is 4.49. The Morgan fingerprint density at radius 3 is 2.37 bits per heavy atom. The molecule has 0 aromatic rings. The normalized spacial score (nSPS) is 12.9. The molecule has 0 fully saturated rings. The molecule has 0 aromatic carbocycles. The van der Waals surface area contributed by atoms with Gasteiger partial charge in [0.05, 0.1) is 5.75 Å². The molecule has 0 rings (SSSR count). The Hall–Kier alpha value is -1.01. The summed E-state index contributed by atoms with van der Waals surface area (Å²) < 4.78 is -0.690. The average Bonchev–Trinajstić information content (AvgIpc) is 2.31. The van der Waals surface area contributed by atoms with Crippen molar-refractivity contribution in [1.29, 1.82) is 0 Å². The van der Waals surface area contributed by atoms with Crippen LogP contribution in [0.5, 0.6) is 0 Å². The lowest BCUT2D eigenvalue weighted by atomic mass is 10.1. The Morgan fingerprint density at radius 2 is 2.00 bits per heavy atom. The number of nitrogens with two attached hydrogens (primary N) is 1. The molecule has 0 bridgehead atoms. The standard InChI is InChI=1S/C13H24N2O3S/c1-6-15(7-9(2)3)10(16)8-19-13(4,5)11(14)12(17)18/h11H,2,6-8,14H2,1,3-5H3,(H,17,18)/t11-/m0/s1. The quantitative estimate of drug-likeness (QED) is 0.658. The minimum absolute atomic E-state index is 0.0267. The van der Waals surface area contributed by atoms with Gasteiger partial charge in [0, 0.05) is 17.8 Å². The van der Waals surface area contributed by atoms with Gasteiger partial charge in [-0.2, -0.15) is 0 Å². The monoisotopic (exact) mass is 288 g/mol. The summed E-state index contributed by atoms with van der Waals surface area (Å²) in [4.78, 5) is 24.6. The van der Waals surface area contributed by atoms with Gasteiger partial charge in [-0.15, -0.1) is 11.8 Å². The molecule has 0 aromatic heterocycles. The molecule has 1 amide bonds. The van der Waals surface area contributed by atoms with Crippen LogP contribution in [0.2, 0.25) is 0 Å². The molecule has 0 saturated heterocycles. The topological polar surface area (TPSA) is 83.6 Å². The molecule has 0 heterocycles. The zero-order valence-corrected chi connectivity index (χ0v) is 12.9. The van der Waals surface area contributed by atoms with Crippen molar-refractivity contribution in [2.24, 2.45) is 5.73 Å². The van der Waals surface area contributed by atoms with Crippen molar-refractivity contribution in [3.63, 3.8) is 0 Å². The number of carboxylic acids is 1. The summed E-state index contributed by atoms with van der Waals surface area (Å²) >= 11 is 1.27. The highest BCUT2D eigenvalue weighted by atomic mass is 32.2. The number of likely N-dealkylation sites (N-methyl/N-ethyl adjacent to an activating group) is 1. The number of carboxylic acid groups (broad SMARTS) is 1. The van der Waals surface area contributed by atoms with Crippen LogP contribution in [0.1, 0.15) is 27.7 Å². The zero-order chi connectivity index (χ0) is 15.2. The van der Waals surface area contributed by atoms with Gasteiger partial charge in [-0.1, -0.05) is 12.2 Å². The highest BCUT2D eigenvalue weighted by molar-refractivity contribution is 8.01. The molecule has 0 saturated carbocycles. The summed E-state index contributed by atoms with van der Waals surface area (Å²) in [5.41, 5.74) is 6.53. The van der Waals surface area contributed by atoms with Crippen molar-refractivity contribution >= 4 is 23.6 Å². The number of rotatable bonds is 8. The molecule has 3 N–H and O–H groups in total. The largest absolute Gasteiger partial charge is 0.480 e. The first-order valence-electron chi connectivity index (χ1n) is 6.16. The zero-order valence-electron chi connectivity index (χ0n) is 12.1. The predicted octanol–water partition coefficient (Wildman–Crippen LogP) is 1.33. The van der Waals surface area contributed by atoms with E-state index in [1.807, 2.05) is 13.8 Å². The fourth-order valence-corrected chi connectivity index (χ4v) is 2.39. The molecule has 1 atom stereocenters. The maximum atomic E-state index is 12.0. The van der Waals surface area contributed by atoms with E-state index in [2.05, 4.69) is 6.58 Å². The average molecular weight is 288 g/mol. The van der Waals surface area contributed by atoms with Gasteiger partial charge in [0.15, 0.2) is 0 Å². The summed E-state index contributed by atoms with van der Waals surface area (Å²) in [6.45, 7) is 12.2. The van der Waals surface area contributed by atoms with Crippen LogP contribution < -0.4 is 5.73 Å². The molecular weight excluding hydrogens is 264 g/mol. The van der Waals surface area contributed by atoms with Gasteiger partial charge < -0.3 is 15.7 Å². The lowest BCUT2D eigenvalue weighted by molar-refractivity contribution is -0.139. The van der Waals surface area contributed by atoms with Crippen LogP contribution in [-0.2, 0) is 9.59 Å². The Bertz CT molecular complexity index is 356. The SMILES string of the molecule is C=C(C)CN(CC)C(=O)CSC(C)(C)[C@@H](N)C(=O)O. The van der Waals surface area contributed by atoms with Crippen molar-refractivity contribution in [2.45, 2.75) is 38.5 Å². The fraction of sp³-hybridized carbons (Fsp3) is 0.692. The minimum atomic E-state index is -1.06. The van der Waals surface area contributed by atoms with E-state index in [9.17, 15) is 9.59 Å². The summed E-state index contributed by atoms with van der Waals surface area (Å²) in [5.74, 6) is -0.866. The molecule has 0 aliphatic carbocycles. The molecule has 19 heavy (non-hydrogen) atoms. The van der Waals surface area contributed by atoms with E-state index >= 15 is 0 Å². The predicted molar refractivity (Wildman–Crippen MR) is 79.2 cm³/mol. The smallest absolute Gasteiger partial charge is 0.321 e. The summed E-state index contributed by atoms with van der Waals surface area (Å²) in [6, 6.07) is -0.999. The number of hydrogen-bond donors (Lipinski definition) is 2. The van der Waals surface area contributed by atoms with Crippen molar-refractivity contribution in [3.05, 3.63) is 12.2 Å². The van der Waals surface area contributed by atoms with E-state index in [4.69, 9.17) is 10.8 Å². The first kappa shape index (κ1) is 18.0. The second-order valence-corrected chi connectivity index (χ2v) is 6.70. The third kappa shape index (κ3) is 6.11. The van der Waals surface area contributed by atoms with Gasteiger partial charge in [-0.05, 0) is 27.7 Å².